The van der Waals surface area contributed by atoms with E-state index in [2.05, 4.69) is 21.5 Å². The molecule has 4 N–H and O–H groups in total. The molecule has 0 aliphatic carbocycles. The maximum absolute atomic E-state index is 10.6. The molecule has 1 aliphatic heterocycles. The van der Waals surface area contributed by atoms with Gasteiger partial charge in [-0.3, -0.25) is 0 Å². The number of aromatic nitrogens is 2. The van der Waals surface area contributed by atoms with Gasteiger partial charge in [0.15, 0.2) is 0 Å². The number of nitrogen functional groups attached to an aromatic ring is 1. The number of ether oxygens (including phenoxy) is 1. The van der Waals surface area contributed by atoms with Crippen LogP contribution < -0.4 is 15.8 Å². The number of hydrogen-bond acceptors (Lipinski definition) is 8. The maximum atomic E-state index is 10.6. The monoisotopic (exact) mass is 405 g/mol. The molecule has 154 valence electrons. The molecular formula is C22H23N5O3. The molecule has 2 aromatic heterocycles. The third-order valence-electron chi connectivity index (χ3n) is 5.24. The Labute approximate surface area is 174 Å². The van der Waals surface area contributed by atoms with Crippen LogP contribution in [0, 0.1) is 18.3 Å². The van der Waals surface area contributed by atoms with Gasteiger partial charge < -0.3 is 25.4 Å². The summed E-state index contributed by atoms with van der Waals surface area (Å²) in [6.07, 6.45) is 1.98. The highest BCUT2D eigenvalue weighted by molar-refractivity contribution is 5.76. The number of nitrogens with zero attached hydrogens (tertiary/aromatic N) is 3. The van der Waals surface area contributed by atoms with Crippen LogP contribution >= 0.6 is 0 Å². The second-order valence-electron chi connectivity index (χ2n) is 7.38. The number of nitriles is 1. The summed E-state index contributed by atoms with van der Waals surface area (Å²) >= 11 is 0. The highest BCUT2D eigenvalue weighted by Gasteiger charge is 2.24. The lowest BCUT2D eigenvalue weighted by Crippen LogP contribution is -2.29. The first-order chi connectivity index (χ1) is 14.6. The van der Waals surface area contributed by atoms with Crippen LogP contribution in [0.2, 0.25) is 0 Å². The zero-order valence-corrected chi connectivity index (χ0v) is 16.7. The summed E-state index contributed by atoms with van der Waals surface area (Å²) in [6.45, 7) is 3.72. The molecule has 0 spiro atoms. The minimum atomic E-state index is 0.0214. The van der Waals surface area contributed by atoms with Crippen molar-refractivity contribution in [3.05, 3.63) is 52.9 Å². The fraction of sp³-hybridized carbons (Fsp3) is 0.318. The predicted octanol–water partition coefficient (Wildman–Crippen LogP) is 3.25. The minimum Gasteiger partial charge on any atom is -0.507 e. The summed E-state index contributed by atoms with van der Waals surface area (Å²) < 4.78 is 11.0. The van der Waals surface area contributed by atoms with Gasteiger partial charge >= 0.3 is 0 Å². The van der Waals surface area contributed by atoms with Gasteiger partial charge in [0, 0.05) is 12.6 Å². The fourth-order valence-electron chi connectivity index (χ4n) is 3.81. The van der Waals surface area contributed by atoms with Gasteiger partial charge in [-0.1, -0.05) is 11.2 Å². The van der Waals surface area contributed by atoms with Crippen LogP contribution in [0.3, 0.4) is 0 Å². The van der Waals surface area contributed by atoms with Gasteiger partial charge in [0.05, 0.1) is 16.8 Å². The van der Waals surface area contributed by atoms with Gasteiger partial charge in [0.2, 0.25) is 0 Å². The molecule has 3 aromatic rings. The van der Waals surface area contributed by atoms with Crippen molar-refractivity contribution in [1.82, 2.24) is 15.5 Å². The number of benzene rings is 1. The summed E-state index contributed by atoms with van der Waals surface area (Å²) in [5.41, 5.74) is 8.92. The van der Waals surface area contributed by atoms with Crippen molar-refractivity contribution in [1.29, 1.82) is 5.26 Å². The van der Waals surface area contributed by atoms with E-state index in [1.54, 1.807) is 31.2 Å². The summed E-state index contributed by atoms with van der Waals surface area (Å²) in [5, 5.41) is 27.5. The lowest BCUT2D eigenvalue weighted by atomic mass is 9.88. The van der Waals surface area contributed by atoms with Gasteiger partial charge in [0.25, 0.3) is 0 Å². The molecule has 1 fully saturated rings. The molecule has 1 aromatic carbocycles. The van der Waals surface area contributed by atoms with Crippen molar-refractivity contribution >= 4 is 5.82 Å². The Morgan fingerprint density at radius 3 is 2.97 bits per heavy atom. The van der Waals surface area contributed by atoms with Gasteiger partial charge in [-0.25, -0.2) is 4.98 Å². The summed E-state index contributed by atoms with van der Waals surface area (Å²) in [7, 11) is 0. The minimum absolute atomic E-state index is 0.0214. The lowest BCUT2D eigenvalue weighted by molar-refractivity contribution is 0.287. The average molecular weight is 405 g/mol. The van der Waals surface area contributed by atoms with Crippen molar-refractivity contribution in [3.63, 3.8) is 0 Å². The van der Waals surface area contributed by atoms with Crippen molar-refractivity contribution < 1.29 is 14.4 Å². The van der Waals surface area contributed by atoms with Crippen LogP contribution in [0.15, 0.2) is 34.9 Å². The van der Waals surface area contributed by atoms with E-state index in [0.717, 1.165) is 31.5 Å². The number of aryl methyl sites for hydroxylation is 1. The molecule has 3 heterocycles. The second-order valence-corrected chi connectivity index (χ2v) is 7.38. The van der Waals surface area contributed by atoms with Crippen LogP contribution in [0.1, 0.15) is 41.3 Å². The van der Waals surface area contributed by atoms with Crippen LogP contribution in [0.4, 0.5) is 5.82 Å². The van der Waals surface area contributed by atoms with Gasteiger partial charge in [0.1, 0.15) is 41.4 Å². The van der Waals surface area contributed by atoms with Gasteiger partial charge in [-0.05, 0) is 56.0 Å². The zero-order valence-electron chi connectivity index (χ0n) is 16.7. The zero-order chi connectivity index (χ0) is 21.1. The highest BCUT2D eigenvalue weighted by Crippen LogP contribution is 2.40. The largest absolute Gasteiger partial charge is 0.507 e. The average Bonchev–Trinajstić information content (AvgIpc) is 3.17. The number of nitrogens with one attached hydrogen (secondary N) is 1. The molecular weight excluding hydrogens is 382 g/mol. The van der Waals surface area contributed by atoms with E-state index in [-0.39, 0.29) is 24.1 Å². The predicted molar refractivity (Wildman–Crippen MR) is 111 cm³/mol. The van der Waals surface area contributed by atoms with E-state index in [9.17, 15) is 10.4 Å². The van der Waals surface area contributed by atoms with E-state index in [0.29, 0.717) is 34.0 Å². The van der Waals surface area contributed by atoms with Crippen molar-refractivity contribution in [2.75, 3.05) is 18.8 Å². The SMILES string of the molecule is Cc1cc(COc2cccc(O)c2-c2cc(C3CCCNC3)c(C#N)c(N)n2)no1. The number of pyridine rings is 1. The molecule has 1 aliphatic rings. The first-order valence-corrected chi connectivity index (χ1v) is 9.85. The van der Waals surface area contributed by atoms with Crippen molar-refractivity contribution in [2.45, 2.75) is 32.3 Å². The molecule has 4 rings (SSSR count). The van der Waals surface area contributed by atoms with Gasteiger partial charge in [-0.2, -0.15) is 5.26 Å². The van der Waals surface area contributed by atoms with E-state index < -0.39 is 0 Å². The number of phenolic OH excluding ortho intramolecular Hbond substituents is 1. The number of aromatic hydroxyl groups is 1. The van der Waals surface area contributed by atoms with Crippen LogP contribution in [-0.4, -0.2) is 28.3 Å². The number of hydrogen-bond donors (Lipinski definition) is 3. The third-order valence-corrected chi connectivity index (χ3v) is 5.24. The molecule has 0 amide bonds. The topological polar surface area (TPSA) is 130 Å². The number of phenols is 1. The Morgan fingerprint density at radius 2 is 2.27 bits per heavy atom. The molecule has 8 nitrogen and oxygen atoms in total. The number of piperidine rings is 1. The van der Waals surface area contributed by atoms with Crippen molar-refractivity contribution in [2.24, 2.45) is 0 Å². The Hall–Kier alpha value is -3.57. The summed E-state index contributed by atoms with van der Waals surface area (Å²) in [6, 6.07) is 10.8. The number of rotatable bonds is 5. The van der Waals surface area contributed by atoms with Crippen LogP contribution in [0.5, 0.6) is 11.5 Å². The number of anilines is 1. The summed E-state index contributed by atoms with van der Waals surface area (Å²) in [4.78, 5) is 4.41. The van der Waals surface area contributed by atoms with E-state index >= 15 is 0 Å². The first kappa shape index (κ1) is 19.7. The smallest absolute Gasteiger partial charge is 0.142 e. The first-order valence-electron chi connectivity index (χ1n) is 9.85. The van der Waals surface area contributed by atoms with Crippen molar-refractivity contribution in [3.8, 4) is 28.8 Å². The second kappa shape index (κ2) is 8.43. The molecule has 30 heavy (non-hydrogen) atoms. The number of nitrogens with two attached hydrogens (primary N) is 1. The van der Waals surface area contributed by atoms with E-state index in [1.165, 1.54) is 0 Å². The van der Waals surface area contributed by atoms with Gasteiger partial charge in [-0.15, -0.1) is 0 Å². The quantitative estimate of drug-likeness (QED) is 0.590. The summed E-state index contributed by atoms with van der Waals surface area (Å²) in [5.74, 6) is 1.47. The highest BCUT2D eigenvalue weighted by atomic mass is 16.5. The van der Waals surface area contributed by atoms with Crippen LogP contribution in [-0.2, 0) is 6.61 Å². The standard InChI is InChI=1S/C22H23N5O3/c1-13-8-15(27-30-13)12-29-20-6-2-5-19(28)21(20)18-9-16(14-4-3-7-25-11-14)17(10-23)22(24)26-18/h2,5-6,8-9,14,25,28H,3-4,7,11-12H2,1H3,(H2,24,26). The molecule has 1 unspecified atom stereocenters. The molecule has 0 saturated carbocycles. The Balaban J connectivity index is 1.74. The Morgan fingerprint density at radius 1 is 1.40 bits per heavy atom. The maximum Gasteiger partial charge on any atom is 0.142 e. The molecule has 0 radical (unpaired) electrons. The molecule has 1 atom stereocenters. The van der Waals surface area contributed by atoms with E-state index in [4.69, 9.17) is 15.0 Å². The van der Waals surface area contributed by atoms with E-state index in [1.807, 2.05) is 6.07 Å². The third kappa shape index (κ3) is 3.93. The molecule has 0 bridgehead atoms. The van der Waals surface area contributed by atoms with Crippen LogP contribution in [0.25, 0.3) is 11.3 Å². The molecule has 8 heteroatoms. The molecule has 1 saturated heterocycles. The fourth-order valence-corrected chi connectivity index (χ4v) is 3.81. The Kier molecular flexibility index (Phi) is 5.55. The normalized spacial score (nSPS) is 16.2. The lowest BCUT2D eigenvalue weighted by Gasteiger charge is -2.25. The Bertz CT molecular complexity index is 1100.